The highest BCUT2D eigenvalue weighted by molar-refractivity contribution is 5.92. The number of hydrogen-bond acceptors (Lipinski definition) is 4. The lowest BCUT2D eigenvalue weighted by atomic mass is 9.80. The van der Waals surface area contributed by atoms with Crippen LogP contribution in [0.2, 0.25) is 0 Å². The Morgan fingerprint density at radius 3 is 2.52 bits per heavy atom. The first-order valence-corrected chi connectivity index (χ1v) is 6.86. The number of nitrogens with zero attached hydrogens (tertiary/aromatic N) is 2. The molecule has 0 bridgehead atoms. The summed E-state index contributed by atoms with van der Waals surface area (Å²) in [4.78, 5) is 12.0. The molecule has 1 saturated carbocycles. The van der Waals surface area contributed by atoms with Crippen LogP contribution in [-0.4, -0.2) is 39.4 Å². The fraction of sp³-hybridized carbons (Fsp3) is 0.846. The number of alkyl halides is 3. The summed E-state index contributed by atoms with van der Waals surface area (Å²) in [6, 6.07) is 0. The van der Waals surface area contributed by atoms with Crippen molar-refractivity contribution in [2.45, 2.75) is 64.0 Å². The number of fused-ring (bicyclic) bond motifs is 1. The summed E-state index contributed by atoms with van der Waals surface area (Å²) in [5.74, 6) is -1.21. The van der Waals surface area contributed by atoms with Gasteiger partial charge in [0.25, 0.3) is 5.72 Å². The van der Waals surface area contributed by atoms with Crippen molar-refractivity contribution < 1.29 is 27.8 Å². The molecular formula is C13H19F3N2O3. The molecule has 1 aliphatic carbocycles. The molecule has 0 aromatic heterocycles. The number of hydrogen-bond donors (Lipinski definition) is 1. The molecule has 2 atom stereocenters. The minimum Gasteiger partial charge on any atom is -0.442 e. The van der Waals surface area contributed by atoms with Gasteiger partial charge in [-0.2, -0.15) is 23.3 Å². The zero-order valence-electron chi connectivity index (χ0n) is 12.2. The van der Waals surface area contributed by atoms with Gasteiger partial charge >= 0.3 is 12.3 Å². The molecule has 1 N–H and O–H groups in total. The number of halogens is 3. The Morgan fingerprint density at radius 1 is 1.38 bits per heavy atom. The van der Waals surface area contributed by atoms with Crippen molar-refractivity contribution >= 4 is 11.8 Å². The predicted molar refractivity (Wildman–Crippen MR) is 68.5 cm³/mol. The number of aliphatic hydroxyl groups is 1. The summed E-state index contributed by atoms with van der Waals surface area (Å²) >= 11 is 0. The lowest BCUT2D eigenvalue weighted by Crippen LogP contribution is -2.61. The molecule has 120 valence electrons. The summed E-state index contributed by atoms with van der Waals surface area (Å²) < 4.78 is 45.1. The van der Waals surface area contributed by atoms with E-state index < -0.39 is 29.5 Å². The van der Waals surface area contributed by atoms with Crippen LogP contribution in [-0.2, 0) is 4.74 Å². The van der Waals surface area contributed by atoms with Crippen LogP contribution in [0, 0.1) is 5.92 Å². The second kappa shape index (κ2) is 4.86. The fourth-order valence-electron chi connectivity index (χ4n) is 2.70. The van der Waals surface area contributed by atoms with E-state index in [-0.39, 0.29) is 17.1 Å². The van der Waals surface area contributed by atoms with Crippen molar-refractivity contribution in [3.05, 3.63) is 0 Å². The third-order valence-corrected chi connectivity index (χ3v) is 3.60. The van der Waals surface area contributed by atoms with Crippen LogP contribution in [0.4, 0.5) is 18.0 Å². The van der Waals surface area contributed by atoms with Crippen LogP contribution in [0.5, 0.6) is 0 Å². The van der Waals surface area contributed by atoms with Gasteiger partial charge in [0, 0.05) is 5.71 Å². The van der Waals surface area contributed by atoms with Gasteiger partial charge in [-0.25, -0.2) is 4.79 Å². The molecule has 1 aliphatic heterocycles. The fourth-order valence-corrected chi connectivity index (χ4v) is 2.70. The molecule has 2 rings (SSSR count). The predicted octanol–water partition coefficient (Wildman–Crippen LogP) is 3.03. The van der Waals surface area contributed by atoms with E-state index in [1.807, 2.05) is 0 Å². The zero-order chi connectivity index (χ0) is 16.1. The molecule has 0 unspecified atom stereocenters. The molecular weight excluding hydrogens is 289 g/mol. The van der Waals surface area contributed by atoms with Crippen molar-refractivity contribution in [1.29, 1.82) is 0 Å². The number of hydrazone groups is 1. The van der Waals surface area contributed by atoms with Gasteiger partial charge in [0.2, 0.25) is 0 Å². The normalized spacial score (nSPS) is 30.0. The van der Waals surface area contributed by atoms with E-state index in [9.17, 15) is 23.1 Å². The molecule has 0 spiro atoms. The molecule has 2 aliphatic rings. The number of rotatable bonds is 0. The Balaban J connectivity index is 2.37. The van der Waals surface area contributed by atoms with Crippen LogP contribution < -0.4 is 0 Å². The van der Waals surface area contributed by atoms with E-state index in [0.717, 1.165) is 0 Å². The number of carbonyl (C=O) groups excluding carboxylic acids is 1. The van der Waals surface area contributed by atoms with Crippen molar-refractivity contribution in [3.8, 4) is 0 Å². The lowest BCUT2D eigenvalue weighted by Gasteiger charge is -2.38. The molecule has 0 aromatic carbocycles. The van der Waals surface area contributed by atoms with Crippen LogP contribution in [0.1, 0.15) is 46.5 Å². The first kappa shape index (κ1) is 16.1. The minimum absolute atomic E-state index is 0.0730. The van der Waals surface area contributed by atoms with Gasteiger partial charge in [0.15, 0.2) is 0 Å². The van der Waals surface area contributed by atoms with Gasteiger partial charge in [0.05, 0.1) is 5.92 Å². The van der Waals surface area contributed by atoms with Gasteiger partial charge in [-0.15, -0.1) is 0 Å². The average Bonchev–Trinajstić information content (AvgIpc) is 2.62. The quantitative estimate of drug-likeness (QED) is 0.748. The molecule has 8 heteroatoms. The van der Waals surface area contributed by atoms with E-state index >= 15 is 0 Å². The topological polar surface area (TPSA) is 62.1 Å². The van der Waals surface area contributed by atoms with Crippen molar-refractivity contribution in [3.63, 3.8) is 0 Å². The Labute approximate surface area is 120 Å². The molecule has 0 radical (unpaired) electrons. The maximum Gasteiger partial charge on any atom is 0.439 e. The number of amides is 1. The van der Waals surface area contributed by atoms with Crippen LogP contribution >= 0.6 is 0 Å². The highest BCUT2D eigenvalue weighted by atomic mass is 19.4. The smallest absolute Gasteiger partial charge is 0.439 e. The monoisotopic (exact) mass is 308 g/mol. The largest absolute Gasteiger partial charge is 0.442 e. The summed E-state index contributed by atoms with van der Waals surface area (Å²) in [5, 5.41) is 14.0. The molecule has 1 heterocycles. The van der Waals surface area contributed by atoms with Crippen LogP contribution in [0.15, 0.2) is 5.10 Å². The van der Waals surface area contributed by atoms with Gasteiger partial charge in [-0.3, -0.25) is 0 Å². The standard InChI is InChI=1S/C13H19F3N2O3/c1-11(2,3)21-10(19)18-12(20,13(14,15)16)8-6-4-5-7-9(8)17-18/h8,20H,4-7H2,1-3H3/t8-,12+/m0/s1. The second-order valence-electron chi connectivity index (χ2n) is 6.41. The van der Waals surface area contributed by atoms with E-state index in [1.54, 1.807) is 0 Å². The summed E-state index contributed by atoms with van der Waals surface area (Å²) in [5.41, 5.74) is -4.07. The molecule has 21 heavy (non-hydrogen) atoms. The third kappa shape index (κ3) is 2.73. The first-order valence-electron chi connectivity index (χ1n) is 6.86. The molecule has 1 fully saturated rings. The molecule has 1 amide bonds. The average molecular weight is 308 g/mol. The van der Waals surface area contributed by atoms with Crippen LogP contribution in [0.25, 0.3) is 0 Å². The van der Waals surface area contributed by atoms with Gasteiger partial charge in [0.1, 0.15) is 5.60 Å². The Morgan fingerprint density at radius 2 is 2.00 bits per heavy atom. The van der Waals surface area contributed by atoms with Crippen molar-refractivity contribution in [2.75, 3.05) is 0 Å². The SMILES string of the molecule is CC(C)(C)OC(=O)N1N=C2CCCC[C@@H]2[C@@]1(O)C(F)(F)F. The third-order valence-electron chi connectivity index (χ3n) is 3.60. The van der Waals surface area contributed by atoms with E-state index in [1.165, 1.54) is 20.8 Å². The maximum atomic E-state index is 13.4. The minimum atomic E-state index is -5.00. The summed E-state index contributed by atoms with van der Waals surface area (Å²) in [7, 11) is 0. The molecule has 5 nitrogen and oxygen atoms in total. The molecule has 0 aromatic rings. The van der Waals surface area contributed by atoms with Gasteiger partial charge in [-0.1, -0.05) is 6.42 Å². The van der Waals surface area contributed by atoms with E-state index in [4.69, 9.17) is 4.74 Å². The number of carbonyl (C=O) groups is 1. The summed E-state index contributed by atoms with van der Waals surface area (Å²) in [6.07, 6.45) is -4.53. The summed E-state index contributed by atoms with van der Waals surface area (Å²) in [6.45, 7) is 4.61. The Kier molecular flexibility index (Phi) is 3.72. The van der Waals surface area contributed by atoms with E-state index in [2.05, 4.69) is 5.10 Å². The second-order valence-corrected chi connectivity index (χ2v) is 6.41. The maximum absolute atomic E-state index is 13.4. The zero-order valence-corrected chi connectivity index (χ0v) is 12.2. The highest BCUT2D eigenvalue weighted by Gasteiger charge is 2.69. The highest BCUT2D eigenvalue weighted by Crippen LogP contribution is 2.48. The van der Waals surface area contributed by atoms with Crippen molar-refractivity contribution in [1.82, 2.24) is 5.01 Å². The van der Waals surface area contributed by atoms with Gasteiger partial charge < -0.3 is 9.84 Å². The van der Waals surface area contributed by atoms with E-state index in [0.29, 0.717) is 19.3 Å². The Bertz CT molecular complexity index is 470. The lowest BCUT2D eigenvalue weighted by molar-refractivity contribution is -0.316. The van der Waals surface area contributed by atoms with Crippen LogP contribution in [0.3, 0.4) is 0 Å². The molecule has 0 saturated heterocycles. The first-order chi connectivity index (χ1) is 9.47. The Hall–Kier alpha value is -1.31. The number of ether oxygens (including phenoxy) is 1. The van der Waals surface area contributed by atoms with Crippen molar-refractivity contribution in [2.24, 2.45) is 11.0 Å². The van der Waals surface area contributed by atoms with Gasteiger partial charge in [-0.05, 0) is 40.0 Å².